The highest BCUT2D eigenvalue weighted by Gasteiger charge is 2.43. The van der Waals surface area contributed by atoms with Gasteiger partial charge in [0.1, 0.15) is 11.4 Å². The Kier molecular flexibility index (Phi) is 4.55. The molecule has 1 fully saturated rings. The fraction of sp³-hybridized carbons (Fsp3) is 0.381. The number of nitrogens with one attached hydrogen (secondary N) is 1. The van der Waals surface area contributed by atoms with E-state index in [1.165, 1.54) is 6.26 Å². The summed E-state index contributed by atoms with van der Waals surface area (Å²) >= 11 is 0. The lowest BCUT2D eigenvalue weighted by atomic mass is 9.80. The number of ether oxygens (including phenoxy) is 1. The van der Waals surface area contributed by atoms with E-state index < -0.39 is 0 Å². The van der Waals surface area contributed by atoms with Crippen LogP contribution in [0.1, 0.15) is 41.4 Å². The highest BCUT2D eigenvalue weighted by Crippen LogP contribution is 2.44. The lowest BCUT2D eigenvalue weighted by molar-refractivity contribution is -0.0224. The van der Waals surface area contributed by atoms with E-state index in [1.54, 1.807) is 12.1 Å². The van der Waals surface area contributed by atoms with Crippen LogP contribution >= 0.6 is 0 Å². The predicted molar refractivity (Wildman–Crippen MR) is 99.2 cm³/mol. The van der Waals surface area contributed by atoms with Gasteiger partial charge in [-0.3, -0.25) is 9.69 Å². The maximum Gasteiger partial charge on any atom is 0.287 e. The van der Waals surface area contributed by atoms with Crippen molar-refractivity contribution >= 4 is 5.91 Å². The van der Waals surface area contributed by atoms with E-state index in [9.17, 15) is 4.79 Å². The number of hydrogen-bond donors (Lipinski definition) is 1. The first-order valence-electron chi connectivity index (χ1n) is 9.15. The number of amides is 1. The van der Waals surface area contributed by atoms with E-state index >= 15 is 0 Å². The Balaban J connectivity index is 1.56. The van der Waals surface area contributed by atoms with Gasteiger partial charge in [-0.2, -0.15) is 0 Å². The van der Waals surface area contributed by atoms with Crippen LogP contribution in [0.2, 0.25) is 0 Å². The monoisotopic (exact) mass is 352 g/mol. The summed E-state index contributed by atoms with van der Waals surface area (Å²) in [5.41, 5.74) is 0.805. The van der Waals surface area contributed by atoms with Crippen molar-refractivity contribution in [2.45, 2.75) is 30.9 Å². The fourth-order valence-corrected chi connectivity index (χ4v) is 4.02. The van der Waals surface area contributed by atoms with Crippen LogP contribution < -0.4 is 10.1 Å². The molecule has 2 aliphatic heterocycles. The Morgan fingerprint density at radius 3 is 2.81 bits per heavy atom. The molecular weight excluding hydrogens is 328 g/mol. The van der Waals surface area contributed by atoms with Crippen molar-refractivity contribution < 1.29 is 13.9 Å². The molecule has 2 aromatic rings. The van der Waals surface area contributed by atoms with E-state index in [-0.39, 0.29) is 17.6 Å². The van der Waals surface area contributed by atoms with Gasteiger partial charge in [-0.15, -0.1) is 6.58 Å². The number of likely N-dealkylation sites (tertiary alicyclic amines) is 1. The molecule has 4 rings (SSSR count). The minimum atomic E-state index is -0.229. The van der Waals surface area contributed by atoms with Crippen LogP contribution in [0.4, 0.5) is 0 Å². The first-order chi connectivity index (χ1) is 12.7. The van der Waals surface area contributed by atoms with Gasteiger partial charge in [0, 0.05) is 31.6 Å². The zero-order chi connectivity index (χ0) is 18.0. The van der Waals surface area contributed by atoms with E-state index in [0.717, 1.165) is 50.2 Å². The smallest absolute Gasteiger partial charge is 0.287 e. The van der Waals surface area contributed by atoms with Crippen LogP contribution in [-0.2, 0) is 0 Å². The Hall–Kier alpha value is -2.53. The molecule has 1 N–H and O–H groups in total. The fourth-order valence-electron chi connectivity index (χ4n) is 4.02. The SMILES string of the molecule is C=CCN1CCC2(CC1)CC(NC(=O)c1ccco1)c1ccccc1O2. The molecule has 0 aliphatic carbocycles. The average Bonchev–Trinajstić information content (AvgIpc) is 3.19. The number of benzene rings is 1. The van der Waals surface area contributed by atoms with Crippen molar-refractivity contribution in [2.24, 2.45) is 0 Å². The summed E-state index contributed by atoms with van der Waals surface area (Å²) in [4.78, 5) is 14.9. The van der Waals surface area contributed by atoms with E-state index in [0.29, 0.717) is 5.76 Å². The number of rotatable bonds is 4. The normalized spacial score (nSPS) is 21.6. The van der Waals surface area contributed by atoms with Crippen LogP contribution in [0.3, 0.4) is 0 Å². The number of hydrogen-bond acceptors (Lipinski definition) is 4. The molecule has 3 heterocycles. The molecule has 1 amide bonds. The van der Waals surface area contributed by atoms with Gasteiger partial charge in [0.25, 0.3) is 5.91 Å². The van der Waals surface area contributed by atoms with E-state index in [4.69, 9.17) is 9.15 Å². The second-order valence-corrected chi connectivity index (χ2v) is 7.12. The maximum atomic E-state index is 12.5. The Morgan fingerprint density at radius 1 is 1.27 bits per heavy atom. The second-order valence-electron chi connectivity index (χ2n) is 7.12. The molecule has 5 nitrogen and oxygen atoms in total. The Morgan fingerprint density at radius 2 is 2.08 bits per heavy atom. The second kappa shape index (κ2) is 7.00. The number of fused-ring (bicyclic) bond motifs is 1. The molecule has 1 saturated heterocycles. The third kappa shape index (κ3) is 3.27. The predicted octanol–water partition coefficient (Wildman–Crippen LogP) is 3.55. The Bertz CT molecular complexity index is 776. The third-order valence-corrected chi connectivity index (χ3v) is 5.40. The van der Waals surface area contributed by atoms with Gasteiger partial charge >= 0.3 is 0 Å². The van der Waals surface area contributed by atoms with Gasteiger partial charge in [-0.1, -0.05) is 24.3 Å². The molecule has 1 aromatic carbocycles. The number of carbonyl (C=O) groups excluding carboxylic acids is 1. The van der Waals surface area contributed by atoms with Gasteiger partial charge in [0.2, 0.25) is 0 Å². The molecule has 2 aliphatic rings. The quantitative estimate of drug-likeness (QED) is 0.855. The molecule has 0 saturated carbocycles. The Labute approximate surface area is 153 Å². The zero-order valence-electron chi connectivity index (χ0n) is 14.8. The maximum absolute atomic E-state index is 12.5. The number of para-hydroxylation sites is 1. The molecule has 1 aromatic heterocycles. The summed E-state index contributed by atoms with van der Waals surface area (Å²) in [5.74, 6) is 1.03. The lowest BCUT2D eigenvalue weighted by Gasteiger charge is -2.46. The minimum absolute atomic E-state index is 0.0801. The summed E-state index contributed by atoms with van der Waals surface area (Å²) < 4.78 is 11.7. The van der Waals surface area contributed by atoms with Crippen molar-refractivity contribution in [3.05, 3.63) is 66.6 Å². The van der Waals surface area contributed by atoms with E-state index in [1.807, 2.05) is 30.3 Å². The van der Waals surface area contributed by atoms with Crippen LogP contribution in [-0.4, -0.2) is 36.0 Å². The minimum Gasteiger partial charge on any atom is -0.487 e. The highest BCUT2D eigenvalue weighted by molar-refractivity contribution is 5.91. The molecular formula is C21H24N2O3. The average molecular weight is 352 g/mol. The summed E-state index contributed by atoms with van der Waals surface area (Å²) in [5, 5.41) is 3.14. The van der Waals surface area contributed by atoms with Crippen LogP contribution in [0.15, 0.2) is 59.7 Å². The van der Waals surface area contributed by atoms with Gasteiger partial charge in [0.15, 0.2) is 5.76 Å². The summed E-state index contributed by atoms with van der Waals surface area (Å²) in [6.07, 6.45) is 6.13. The summed E-state index contributed by atoms with van der Waals surface area (Å²) in [6.45, 7) is 6.69. The van der Waals surface area contributed by atoms with Crippen LogP contribution in [0, 0.1) is 0 Å². The van der Waals surface area contributed by atoms with Crippen molar-refractivity contribution in [3.63, 3.8) is 0 Å². The van der Waals surface area contributed by atoms with Gasteiger partial charge in [0.05, 0.1) is 12.3 Å². The van der Waals surface area contributed by atoms with Crippen molar-refractivity contribution in [2.75, 3.05) is 19.6 Å². The first kappa shape index (κ1) is 16.9. The van der Waals surface area contributed by atoms with Crippen molar-refractivity contribution in [3.8, 4) is 5.75 Å². The number of nitrogens with zero attached hydrogens (tertiary/aromatic N) is 1. The zero-order valence-corrected chi connectivity index (χ0v) is 14.8. The standard InChI is InChI=1S/C21H24N2O3/c1-2-11-23-12-9-21(10-13-23)15-17(16-6-3-4-7-18(16)26-21)22-20(24)19-8-5-14-25-19/h2-8,14,17H,1,9-13,15H2,(H,22,24). The molecule has 0 bridgehead atoms. The molecule has 1 spiro atoms. The number of carbonyl (C=O) groups is 1. The molecule has 26 heavy (non-hydrogen) atoms. The highest BCUT2D eigenvalue weighted by atomic mass is 16.5. The van der Waals surface area contributed by atoms with E-state index in [2.05, 4.69) is 16.8 Å². The number of piperidine rings is 1. The molecule has 1 atom stereocenters. The number of furan rings is 1. The van der Waals surface area contributed by atoms with Crippen molar-refractivity contribution in [1.82, 2.24) is 10.2 Å². The molecule has 0 radical (unpaired) electrons. The summed E-state index contributed by atoms with van der Waals surface area (Å²) in [6, 6.07) is 11.3. The first-order valence-corrected chi connectivity index (χ1v) is 9.15. The van der Waals surface area contributed by atoms with Gasteiger partial charge in [-0.05, 0) is 31.0 Å². The van der Waals surface area contributed by atoms with Crippen LogP contribution in [0.25, 0.3) is 0 Å². The summed E-state index contributed by atoms with van der Waals surface area (Å²) in [7, 11) is 0. The van der Waals surface area contributed by atoms with Gasteiger partial charge < -0.3 is 14.5 Å². The molecule has 5 heteroatoms. The third-order valence-electron chi connectivity index (χ3n) is 5.40. The molecule has 136 valence electrons. The molecule has 1 unspecified atom stereocenters. The van der Waals surface area contributed by atoms with Gasteiger partial charge in [-0.25, -0.2) is 0 Å². The lowest BCUT2D eigenvalue weighted by Crippen LogP contribution is -2.52. The van der Waals surface area contributed by atoms with Crippen molar-refractivity contribution in [1.29, 1.82) is 0 Å². The largest absolute Gasteiger partial charge is 0.487 e. The van der Waals surface area contributed by atoms with Crippen LogP contribution in [0.5, 0.6) is 5.75 Å². The topological polar surface area (TPSA) is 54.7 Å².